The van der Waals surface area contributed by atoms with Crippen molar-refractivity contribution in [3.63, 3.8) is 0 Å². The number of nitrogens with two attached hydrogens (primary N) is 1. The number of amides is 1. The summed E-state index contributed by atoms with van der Waals surface area (Å²) >= 11 is 0. The zero-order valence-corrected chi connectivity index (χ0v) is 14.3. The predicted octanol–water partition coefficient (Wildman–Crippen LogP) is 2.23. The van der Waals surface area contributed by atoms with E-state index in [2.05, 4.69) is 51.8 Å². The quantitative estimate of drug-likeness (QED) is 0.647. The van der Waals surface area contributed by atoms with Crippen LogP contribution in [0.15, 0.2) is 0 Å². The summed E-state index contributed by atoms with van der Waals surface area (Å²) in [6.45, 7) is 15.7. The van der Waals surface area contributed by atoms with Crippen LogP contribution in [0.5, 0.6) is 0 Å². The molecule has 20 heavy (non-hydrogen) atoms. The molecule has 1 unspecified atom stereocenters. The highest BCUT2D eigenvalue weighted by Gasteiger charge is 2.21. The van der Waals surface area contributed by atoms with Crippen molar-refractivity contribution < 1.29 is 4.79 Å². The number of hydrogen-bond donors (Lipinski definition) is 2. The molecule has 0 rings (SSSR count). The summed E-state index contributed by atoms with van der Waals surface area (Å²) in [5.74, 6) is 0.808. The smallest absolute Gasteiger partial charge is 0.234 e. The van der Waals surface area contributed by atoms with Gasteiger partial charge in [0, 0.05) is 12.6 Å². The maximum Gasteiger partial charge on any atom is 0.234 e. The Morgan fingerprint density at radius 3 is 2.30 bits per heavy atom. The van der Waals surface area contributed by atoms with Gasteiger partial charge in [0.05, 0.1) is 6.54 Å². The van der Waals surface area contributed by atoms with Crippen molar-refractivity contribution in [2.75, 3.05) is 26.2 Å². The third-order valence-electron chi connectivity index (χ3n) is 3.60. The highest BCUT2D eigenvalue weighted by Crippen LogP contribution is 2.14. The summed E-state index contributed by atoms with van der Waals surface area (Å²) in [5, 5.41) is 3.09. The third-order valence-corrected chi connectivity index (χ3v) is 3.60. The molecule has 0 aliphatic rings. The first kappa shape index (κ1) is 19.4. The Labute approximate surface area is 125 Å². The van der Waals surface area contributed by atoms with Gasteiger partial charge >= 0.3 is 0 Å². The molecule has 0 heterocycles. The molecular formula is C16H35N3O. The summed E-state index contributed by atoms with van der Waals surface area (Å²) in [7, 11) is 0. The zero-order chi connectivity index (χ0) is 15.8. The van der Waals surface area contributed by atoms with Crippen molar-refractivity contribution in [1.29, 1.82) is 0 Å². The molecule has 120 valence electrons. The molecule has 0 saturated heterocycles. The van der Waals surface area contributed by atoms with Crippen molar-refractivity contribution in [2.24, 2.45) is 17.1 Å². The van der Waals surface area contributed by atoms with Crippen molar-refractivity contribution in [2.45, 2.75) is 60.4 Å². The molecule has 0 aromatic rings. The Balaban J connectivity index is 4.15. The van der Waals surface area contributed by atoms with Crippen molar-refractivity contribution in [1.82, 2.24) is 10.2 Å². The van der Waals surface area contributed by atoms with Gasteiger partial charge in [-0.2, -0.15) is 0 Å². The molecule has 0 fully saturated rings. The molecular weight excluding hydrogens is 250 g/mol. The largest absolute Gasteiger partial charge is 0.353 e. The molecule has 3 N–H and O–H groups in total. The molecule has 0 aromatic heterocycles. The maximum atomic E-state index is 12.1. The van der Waals surface area contributed by atoms with E-state index < -0.39 is 0 Å². The van der Waals surface area contributed by atoms with E-state index in [1.54, 1.807) is 0 Å². The van der Waals surface area contributed by atoms with Gasteiger partial charge in [-0.15, -0.1) is 0 Å². The molecule has 1 atom stereocenters. The first-order valence-electron chi connectivity index (χ1n) is 7.92. The zero-order valence-electron chi connectivity index (χ0n) is 14.3. The lowest BCUT2D eigenvalue weighted by Gasteiger charge is -2.30. The number of nitrogens with one attached hydrogen (secondary N) is 1. The molecule has 0 aliphatic heterocycles. The van der Waals surface area contributed by atoms with Crippen LogP contribution in [0.25, 0.3) is 0 Å². The van der Waals surface area contributed by atoms with Crippen LogP contribution in [-0.2, 0) is 4.79 Å². The predicted molar refractivity (Wildman–Crippen MR) is 86.6 cm³/mol. The summed E-state index contributed by atoms with van der Waals surface area (Å²) in [4.78, 5) is 14.2. The molecule has 1 amide bonds. The van der Waals surface area contributed by atoms with Crippen LogP contribution in [0.1, 0.15) is 54.4 Å². The van der Waals surface area contributed by atoms with Crippen LogP contribution < -0.4 is 11.1 Å². The van der Waals surface area contributed by atoms with Gasteiger partial charge in [0.25, 0.3) is 0 Å². The van der Waals surface area contributed by atoms with Crippen LogP contribution in [0.2, 0.25) is 0 Å². The van der Waals surface area contributed by atoms with Gasteiger partial charge in [0.15, 0.2) is 0 Å². The second-order valence-corrected chi connectivity index (χ2v) is 7.11. The average molecular weight is 285 g/mol. The van der Waals surface area contributed by atoms with E-state index in [4.69, 9.17) is 5.73 Å². The number of carbonyl (C=O) groups is 1. The van der Waals surface area contributed by atoms with Crippen molar-refractivity contribution >= 4 is 5.91 Å². The Morgan fingerprint density at radius 2 is 1.85 bits per heavy atom. The fourth-order valence-corrected chi connectivity index (χ4v) is 2.13. The Morgan fingerprint density at radius 1 is 1.25 bits per heavy atom. The highest BCUT2D eigenvalue weighted by molar-refractivity contribution is 5.78. The maximum absolute atomic E-state index is 12.1. The first-order chi connectivity index (χ1) is 9.20. The Bertz CT molecular complexity index is 277. The van der Waals surface area contributed by atoms with E-state index in [1.165, 1.54) is 0 Å². The Kier molecular flexibility index (Phi) is 9.06. The van der Waals surface area contributed by atoms with E-state index in [0.29, 0.717) is 19.0 Å². The Hall–Kier alpha value is -0.610. The standard InChI is InChI=1S/C16H35N3O/c1-7-19(12-16(5,6)11-17)10-15(20)18-14(4)9-8-13(2)3/h13-14H,7-12,17H2,1-6H3,(H,18,20). The summed E-state index contributed by atoms with van der Waals surface area (Å²) in [5.41, 5.74) is 5.82. The van der Waals surface area contributed by atoms with E-state index in [-0.39, 0.29) is 17.4 Å². The molecule has 4 nitrogen and oxygen atoms in total. The molecule has 0 spiro atoms. The number of hydrogen-bond acceptors (Lipinski definition) is 3. The lowest BCUT2D eigenvalue weighted by atomic mass is 9.93. The molecule has 0 bridgehead atoms. The van der Waals surface area contributed by atoms with E-state index in [1.807, 2.05) is 0 Å². The van der Waals surface area contributed by atoms with Gasteiger partial charge in [0.2, 0.25) is 5.91 Å². The fourth-order valence-electron chi connectivity index (χ4n) is 2.13. The summed E-state index contributed by atoms with van der Waals surface area (Å²) in [6.07, 6.45) is 2.20. The monoisotopic (exact) mass is 285 g/mol. The molecule has 0 aromatic carbocycles. The molecule has 0 radical (unpaired) electrons. The SMILES string of the molecule is CCN(CC(=O)NC(C)CCC(C)C)CC(C)(C)CN. The minimum atomic E-state index is 0.0551. The minimum Gasteiger partial charge on any atom is -0.353 e. The summed E-state index contributed by atoms with van der Waals surface area (Å²) < 4.78 is 0. The van der Waals surface area contributed by atoms with Gasteiger partial charge in [-0.1, -0.05) is 34.6 Å². The first-order valence-corrected chi connectivity index (χ1v) is 7.92. The number of nitrogens with zero attached hydrogens (tertiary/aromatic N) is 1. The number of carbonyl (C=O) groups excluding carboxylic acids is 1. The van der Waals surface area contributed by atoms with E-state index in [9.17, 15) is 4.79 Å². The normalized spacial score (nSPS) is 13.8. The van der Waals surface area contributed by atoms with Crippen LogP contribution >= 0.6 is 0 Å². The van der Waals surface area contributed by atoms with E-state index in [0.717, 1.165) is 25.9 Å². The van der Waals surface area contributed by atoms with Gasteiger partial charge in [-0.25, -0.2) is 0 Å². The van der Waals surface area contributed by atoms with Crippen molar-refractivity contribution in [3.8, 4) is 0 Å². The fraction of sp³-hybridized carbons (Fsp3) is 0.938. The minimum absolute atomic E-state index is 0.0551. The van der Waals surface area contributed by atoms with Crippen LogP contribution in [-0.4, -0.2) is 43.0 Å². The van der Waals surface area contributed by atoms with Gasteiger partial charge in [-0.3, -0.25) is 9.69 Å². The van der Waals surface area contributed by atoms with Crippen LogP contribution in [0.3, 0.4) is 0 Å². The lowest BCUT2D eigenvalue weighted by molar-refractivity contribution is -0.123. The van der Waals surface area contributed by atoms with Gasteiger partial charge < -0.3 is 11.1 Å². The third kappa shape index (κ3) is 9.32. The second-order valence-electron chi connectivity index (χ2n) is 7.11. The van der Waals surface area contributed by atoms with Gasteiger partial charge in [-0.05, 0) is 44.2 Å². The number of likely N-dealkylation sites (N-methyl/N-ethyl adjacent to an activating group) is 1. The van der Waals surface area contributed by atoms with Crippen LogP contribution in [0.4, 0.5) is 0 Å². The van der Waals surface area contributed by atoms with Gasteiger partial charge in [0.1, 0.15) is 0 Å². The highest BCUT2D eigenvalue weighted by atomic mass is 16.2. The topological polar surface area (TPSA) is 58.4 Å². The summed E-state index contributed by atoms with van der Waals surface area (Å²) in [6, 6.07) is 0.256. The molecule has 4 heteroatoms. The van der Waals surface area contributed by atoms with E-state index >= 15 is 0 Å². The second kappa shape index (κ2) is 9.35. The van der Waals surface area contributed by atoms with Crippen molar-refractivity contribution in [3.05, 3.63) is 0 Å². The lowest BCUT2D eigenvalue weighted by Crippen LogP contribution is -2.45. The molecule has 0 saturated carbocycles. The number of rotatable bonds is 10. The molecule has 0 aliphatic carbocycles. The van der Waals surface area contributed by atoms with Crippen LogP contribution in [0, 0.1) is 11.3 Å². The average Bonchev–Trinajstić information content (AvgIpc) is 2.35.